The molecular formula is C15H28O5. The summed E-state index contributed by atoms with van der Waals surface area (Å²) < 4.78 is 10.6. The summed E-state index contributed by atoms with van der Waals surface area (Å²) >= 11 is 0. The Bertz CT molecular complexity index is 269. The maximum Gasteiger partial charge on any atom is 0.149 e. The minimum atomic E-state index is -1.11. The summed E-state index contributed by atoms with van der Waals surface area (Å²) in [5.41, 5.74) is 0. The van der Waals surface area contributed by atoms with Gasteiger partial charge in [0.05, 0.1) is 19.5 Å². The zero-order chi connectivity index (χ0) is 14.8. The van der Waals surface area contributed by atoms with Gasteiger partial charge in [-0.2, -0.15) is 0 Å². The Morgan fingerprint density at radius 2 is 1.90 bits per heavy atom. The van der Waals surface area contributed by atoms with Gasteiger partial charge in [-0.25, -0.2) is 0 Å². The number of ether oxygens (including phenoxy) is 2. The molecule has 118 valence electrons. The zero-order valence-electron chi connectivity index (χ0n) is 12.3. The first-order valence-electron chi connectivity index (χ1n) is 7.59. The molecule has 0 spiro atoms. The zero-order valence-corrected chi connectivity index (χ0v) is 12.3. The summed E-state index contributed by atoms with van der Waals surface area (Å²) in [5.74, 6) is 0. The Kier molecular flexibility index (Phi) is 8.85. The SMILES string of the molecule is CCCCCCC/C=C/O[C@H]1CO[C@H](CO)[C@@H](O)[C@@H]1O. The first kappa shape index (κ1) is 17.4. The molecule has 0 amide bonds. The van der Waals surface area contributed by atoms with E-state index in [9.17, 15) is 10.2 Å². The Balaban J connectivity index is 2.15. The molecule has 0 radical (unpaired) electrons. The summed E-state index contributed by atoms with van der Waals surface area (Å²) in [6.45, 7) is 2.06. The van der Waals surface area contributed by atoms with Crippen molar-refractivity contribution in [3.05, 3.63) is 12.3 Å². The summed E-state index contributed by atoms with van der Waals surface area (Å²) in [6, 6.07) is 0. The number of allylic oxidation sites excluding steroid dienone is 1. The van der Waals surface area contributed by atoms with Crippen LogP contribution < -0.4 is 0 Å². The molecule has 1 fully saturated rings. The van der Waals surface area contributed by atoms with Gasteiger partial charge in [0, 0.05) is 0 Å². The molecule has 0 bridgehead atoms. The van der Waals surface area contributed by atoms with Crippen LogP contribution in [-0.4, -0.2) is 52.9 Å². The molecule has 3 N–H and O–H groups in total. The highest BCUT2D eigenvalue weighted by atomic mass is 16.6. The molecule has 5 nitrogen and oxygen atoms in total. The van der Waals surface area contributed by atoms with Gasteiger partial charge in [-0.15, -0.1) is 0 Å². The number of unbranched alkanes of at least 4 members (excludes halogenated alkanes) is 5. The van der Waals surface area contributed by atoms with Crippen LogP contribution in [-0.2, 0) is 9.47 Å². The number of hydrogen-bond acceptors (Lipinski definition) is 5. The van der Waals surface area contributed by atoms with E-state index >= 15 is 0 Å². The fraction of sp³-hybridized carbons (Fsp3) is 0.867. The lowest BCUT2D eigenvalue weighted by Gasteiger charge is -2.36. The average molecular weight is 288 g/mol. The molecule has 1 aliphatic rings. The lowest BCUT2D eigenvalue weighted by atomic mass is 10.0. The normalized spacial score (nSPS) is 30.8. The van der Waals surface area contributed by atoms with E-state index in [1.807, 2.05) is 6.08 Å². The van der Waals surface area contributed by atoms with Crippen molar-refractivity contribution in [1.82, 2.24) is 0 Å². The van der Waals surface area contributed by atoms with E-state index in [2.05, 4.69) is 6.92 Å². The van der Waals surface area contributed by atoms with Crippen molar-refractivity contribution in [1.29, 1.82) is 0 Å². The van der Waals surface area contributed by atoms with Crippen LogP contribution in [0.4, 0.5) is 0 Å². The van der Waals surface area contributed by atoms with E-state index in [1.165, 1.54) is 25.7 Å². The maximum atomic E-state index is 9.84. The largest absolute Gasteiger partial charge is 0.493 e. The van der Waals surface area contributed by atoms with E-state index in [0.717, 1.165) is 12.8 Å². The van der Waals surface area contributed by atoms with Crippen molar-refractivity contribution < 1.29 is 24.8 Å². The van der Waals surface area contributed by atoms with Gasteiger partial charge in [-0.05, 0) is 18.9 Å². The van der Waals surface area contributed by atoms with Crippen LogP contribution in [0.2, 0.25) is 0 Å². The van der Waals surface area contributed by atoms with Crippen LogP contribution >= 0.6 is 0 Å². The lowest BCUT2D eigenvalue weighted by Crippen LogP contribution is -2.54. The summed E-state index contributed by atoms with van der Waals surface area (Å²) in [5, 5.41) is 28.5. The van der Waals surface area contributed by atoms with Crippen molar-refractivity contribution in [3.63, 3.8) is 0 Å². The highest BCUT2D eigenvalue weighted by Crippen LogP contribution is 2.18. The van der Waals surface area contributed by atoms with Gasteiger partial charge < -0.3 is 24.8 Å². The molecule has 0 aromatic carbocycles. The van der Waals surface area contributed by atoms with Gasteiger partial charge in [0.1, 0.15) is 24.4 Å². The van der Waals surface area contributed by atoms with E-state index in [4.69, 9.17) is 14.6 Å². The van der Waals surface area contributed by atoms with Crippen molar-refractivity contribution >= 4 is 0 Å². The maximum absolute atomic E-state index is 9.84. The number of hydrogen-bond donors (Lipinski definition) is 3. The molecule has 5 heteroatoms. The van der Waals surface area contributed by atoms with Gasteiger partial charge in [-0.3, -0.25) is 0 Å². The van der Waals surface area contributed by atoms with Crippen molar-refractivity contribution in [2.45, 2.75) is 69.9 Å². The number of rotatable bonds is 9. The Morgan fingerprint density at radius 3 is 2.60 bits per heavy atom. The molecule has 0 aliphatic carbocycles. The molecule has 1 rings (SSSR count). The molecular weight excluding hydrogens is 260 g/mol. The quantitative estimate of drug-likeness (QED) is 0.441. The predicted octanol–water partition coefficient (Wildman–Crippen LogP) is 1.36. The second-order valence-corrected chi connectivity index (χ2v) is 5.28. The van der Waals surface area contributed by atoms with Gasteiger partial charge in [0.25, 0.3) is 0 Å². The Labute approximate surface area is 121 Å². The van der Waals surface area contributed by atoms with E-state index in [0.29, 0.717) is 0 Å². The van der Waals surface area contributed by atoms with Gasteiger partial charge in [0.2, 0.25) is 0 Å². The first-order chi connectivity index (χ1) is 9.70. The monoisotopic (exact) mass is 288 g/mol. The van der Waals surface area contributed by atoms with Gasteiger partial charge in [-0.1, -0.05) is 32.6 Å². The first-order valence-corrected chi connectivity index (χ1v) is 7.59. The second kappa shape index (κ2) is 10.2. The van der Waals surface area contributed by atoms with Crippen LogP contribution in [0.1, 0.15) is 45.4 Å². The minimum absolute atomic E-state index is 0.171. The topological polar surface area (TPSA) is 79.2 Å². The fourth-order valence-corrected chi connectivity index (χ4v) is 2.23. The Morgan fingerprint density at radius 1 is 1.15 bits per heavy atom. The number of aliphatic hydroxyl groups excluding tert-OH is 3. The standard InChI is InChI=1S/C15H28O5/c1-2-3-4-5-6-7-8-9-19-13-11-20-12(10-16)14(17)15(13)18/h8-9,12-18H,2-7,10-11H2,1H3/b9-8+/t12-,13+,14-,15-/m1/s1. The van der Waals surface area contributed by atoms with E-state index in [-0.39, 0.29) is 13.2 Å². The molecule has 0 aromatic heterocycles. The molecule has 1 saturated heterocycles. The smallest absolute Gasteiger partial charge is 0.149 e. The second-order valence-electron chi connectivity index (χ2n) is 5.28. The molecule has 20 heavy (non-hydrogen) atoms. The van der Waals surface area contributed by atoms with E-state index in [1.54, 1.807) is 6.26 Å². The van der Waals surface area contributed by atoms with E-state index < -0.39 is 24.4 Å². The van der Waals surface area contributed by atoms with Crippen LogP contribution in [0.5, 0.6) is 0 Å². The van der Waals surface area contributed by atoms with Crippen molar-refractivity contribution in [3.8, 4) is 0 Å². The average Bonchev–Trinajstić information content (AvgIpc) is 2.46. The third-order valence-electron chi connectivity index (χ3n) is 3.59. The molecule has 0 unspecified atom stereocenters. The molecule has 0 saturated carbocycles. The van der Waals surface area contributed by atoms with Gasteiger partial charge >= 0.3 is 0 Å². The van der Waals surface area contributed by atoms with Crippen LogP contribution in [0, 0.1) is 0 Å². The van der Waals surface area contributed by atoms with Crippen LogP contribution in [0.25, 0.3) is 0 Å². The third-order valence-corrected chi connectivity index (χ3v) is 3.59. The molecule has 1 aliphatic heterocycles. The third kappa shape index (κ3) is 5.79. The molecule has 1 heterocycles. The minimum Gasteiger partial charge on any atom is -0.493 e. The highest BCUT2D eigenvalue weighted by molar-refractivity contribution is 4.89. The van der Waals surface area contributed by atoms with Crippen LogP contribution in [0.15, 0.2) is 12.3 Å². The Hall–Kier alpha value is -0.620. The van der Waals surface area contributed by atoms with Crippen molar-refractivity contribution in [2.75, 3.05) is 13.2 Å². The number of aliphatic hydroxyl groups is 3. The summed E-state index contributed by atoms with van der Waals surface area (Å²) in [7, 11) is 0. The summed E-state index contributed by atoms with van der Waals surface area (Å²) in [6.07, 6.45) is 7.18. The molecule has 0 aromatic rings. The highest BCUT2D eigenvalue weighted by Gasteiger charge is 2.38. The fourth-order valence-electron chi connectivity index (χ4n) is 2.23. The predicted molar refractivity (Wildman–Crippen MR) is 76.2 cm³/mol. The van der Waals surface area contributed by atoms with Crippen molar-refractivity contribution in [2.24, 2.45) is 0 Å². The molecule has 4 atom stereocenters. The summed E-state index contributed by atoms with van der Waals surface area (Å²) in [4.78, 5) is 0. The lowest BCUT2D eigenvalue weighted by molar-refractivity contribution is -0.196. The van der Waals surface area contributed by atoms with Gasteiger partial charge in [0.15, 0.2) is 0 Å². The van der Waals surface area contributed by atoms with Crippen LogP contribution in [0.3, 0.4) is 0 Å².